The van der Waals surface area contributed by atoms with E-state index in [0.717, 1.165) is 11.3 Å². The average Bonchev–Trinajstić information content (AvgIpc) is 2.96. The van der Waals surface area contributed by atoms with Gasteiger partial charge in [-0.15, -0.1) is 11.3 Å². The standard InChI is InChI=1S/C11H13N3O4S2/c1-6-3-9(19-10(6)11(15)16)20(17,18)14-7(2)8-4-12-13-5-8/h3-5,7,14H,1-2H3,(H,12,13)(H,15,16). The highest BCUT2D eigenvalue weighted by molar-refractivity contribution is 7.91. The molecule has 2 aromatic heterocycles. The van der Waals surface area contributed by atoms with Gasteiger partial charge < -0.3 is 5.11 Å². The van der Waals surface area contributed by atoms with Crippen molar-refractivity contribution in [2.24, 2.45) is 0 Å². The number of thiophene rings is 1. The molecule has 9 heteroatoms. The second kappa shape index (κ2) is 5.35. The van der Waals surface area contributed by atoms with Crippen LogP contribution in [-0.2, 0) is 10.0 Å². The highest BCUT2D eigenvalue weighted by Gasteiger charge is 2.24. The Morgan fingerprint density at radius 3 is 2.75 bits per heavy atom. The molecule has 0 saturated heterocycles. The maximum Gasteiger partial charge on any atom is 0.346 e. The van der Waals surface area contributed by atoms with Crippen LogP contribution in [0.4, 0.5) is 0 Å². The second-order valence-electron chi connectivity index (χ2n) is 4.26. The van der Waals surface area contributed by atoms with Crippen LogP contribution in [0.25, 0.3) is 0 Å². The van der Waals surface area contributed by atoms with Crippen LogP contribution >= 0.6 is 11.3 Å². The maximum atomic E-state index is 12.2. The van der Waals surface area contributed by atoms with Gasteiger partial charge in [0.05, 0.1) is 6.20 Å². The molecular formula is C11H13N3O4S2. The highest BCUT2D eigenvalue weighted by Crippen LogP contribution is 2.27. The smallest absolute Gasteiger partial charge is 0.346 e. The van der Waals surface area contributed by atoms with E-state index in [1.54, 1.807) is 20.0 Å². The molecule has 0 saturated carbocycles. The molecule has 0 aliphatic heterocycles. The number of hydrogen-bond donors (Lipinski definition) is 3. The number of carboxylic acids is 1. The van der Waals surface area contributed by atoms with Crippen molar-refractivity contribution in [2.75, 3.05) is 0 Å². The largest absolute Gasteiger partial charge is 0.477 e. The fourth-order valence-electron chi connectivity index (χ4n) is 1.65. The number of hydrogen-bond acceptors (Lipinski definition) is 5. The van der Waals surface area contributed by atoms with Gasteiger partial charge in [0.15, 0.2) is 0 Å². The van der Waals surface area contributed by atoms with Gasteiger partial charge in [0, 0.05) is 17.8 Å². The lowest BCUT2D eigenvalue weighted by Gasteiger charge is -2.11. The number of rotatable bonds is 5. The Morgan fingerprint density at radius 1 is 1.55 bits per heavy atom. The van der Waals surface area contributed by atoms with Crippen LogP contribution in [0.15, 0.2) is 22.7 Å². The number of sulfonamides is 1. The minimum Gasteiger partial charge on any atom is -0.477 e. The van der Waals surface area contributed by atoms with Crippen LogP contribution in [0.2, 0.25) is 0 Å². The van der Waals surface area contributed by atoms with Crippen molar-refractivity contribution >= 4 is 27.3 Å². The van der Waals surface area contributed by atoms with Crippen molar-refractivity contribution in [3.05, 3.63) is 34.5 Å². The van der Waals surface area contributed by atoms with Crippen LogP contribution in [0.3, 0.4) is 0 Å². The van der Waals surface area contributed by atoms with Gasteiger partial charge >= 0.3 is 5.97 Å². The van der Waals surface area contributed by atoms with Gasteiger partial charge in [-0.05, 0) is 25.5 Å². The molecule has 2 rings (SSSR count). The zero-order valence-corrected chi connectivity index (χ0v) is 12.4. The monoisotopic (exact) mass is 315 g/mol. The summed E-state index contributed by atoms with van der Waals surface area (Å²) >= 11 is 0.740. The predicted octanol–water partition coefficient (Wildman–Crippen LogP) is 1.52. The van der Waals surface area contributed by atoms with E-state index in [-0.39, 0.29) is 9.09 Å². The number of nitrogens with zero attached hydrogens (tertiary/aromatic N) is 1. The number of nitrogens with one attached hydrogen (secondary N) is 2. The molecule has 1 atom stereocenters. The molecule has 0 aliphatic rings. The Kier molecular flexibility index (Phi) is 3.93. The summed E-state index contributed by atoms with van der Waals surface area (Å²) in [6.45, 7) is 3.25. The summed E-state index contributed by atoms with van der Waals surface area (Å²) in [7, 11) is -3.76. The first-order valence-electron chi connectivity index (χ1n) is 5.66. The van der Waals surface area contributed by atoms with E-state index in [1.165, 1.54) is 12.3 Å². The van der Waals surface area contributed by atoms with Crippen LogP contribution in [0.1, 0.15) is 33.8 Å². The summed E-state index contributed by atoms with van der Waals surface area (Å²) in [6, 6.07) is 0.896. The van der Waals surface area contributed by atoms with Gasteiger partial charge in [0.25, 0.3) is 10.0 Å². The van der Waals surface area contributed by atoms with Crippen LogP contribution in [0, 0.1) is 6.92 Å². The summed E-state index contributed by atoms with van der Waals surface area (Å²) in [5, 5.41) is 15.3. The molecule has 0 bridgehead atoms. The van der Waals surface area contributed by atoms with Crippen molar-refractivity contribution in [3.63, 3.8) is 0 Å². The summed E-state index contributed by atoms with van der Waals surface area (Å²) in [4.78, 5) is 11.0. The molecule has 20 heavy (non-hydrogen) atoms. The predicted molar refractivity (Wildman–Crippen MR) is 73.3 cm³/mol. The van der Waals surface area contributed by atoms with Gasteiger partial charge in [-0.1, -0.05) is 0 Å². The summed E-state index contributed by atoms with van der Waals surface area (Å²) in [6.07, 6.45) is 3.12. The first kappa shape index (κ1) is 14.7. The zero-order valence-electron chi connectivity index (χ0n) is 10.7. The zero-order chi connectivity index (χ0) is 14.9. The van der Waals surface area contributed by atoms with Crippen molar-refractivity contribution in [1.29, 1.82) is 0 Å². The van der Waals surface area contributed by atoms with Gasteiger partial charge in [0.1, 0.15) is 9.09 Å². The number of aromatic nitrogens is 2. The molecule has 0 spiro atoms. The van der Waals surface area contributed by atoms with E-state index < -0.39 is 22.0 Å². The maximum absolute atomic E-state index is 12.2. The lowest BCUT2D eigenvalue weighted by atomic mass is 10.2. The number of aromatic carboxylic acids is 1. The summed E-state index contributed by atoms with van der Waals surface area (Å²) < 4.78 is 26.9. The molecule has 7 nitrogen and oxygen atoms in total. The lowest BCUT2D eigenvalue weighted by molar-refractivity contribution is 0.0701. The molecule has 0 aliphatic carbocycles. The molecule has 0 aromatic carbocycles. The molecule has 0 radical (unpaired) electrons. The number of carboxylic acid groups (broad SMARTS) is 1. The summed E-state index contributed by atoms with van der Waals surface area (Å²) in [5.74, 6) is -1.13. The highest BCUT2D eigenvalue weighted by atomic mass is 32.2. The Labute approximate surface area is 119 Å². The number of H-pyrrole nitrogens is 1. The van der Waals surface area contributed by atoms with Gasteiger partial charge in [-0.3, -0.25) is 5.10 Å². The molecule has 0 fully saturated rings. The third kappa shape index (κ3) is 2.89. The second-order valence-corrected chi connectivity index (χ2v) is 7.25. The molecule has 1 unspecified atom stereocenters. The minimum absolute atomic E-state index is 0.0113. The van der Waals surface area contributed by atoms with Gasteiger partial charge in [-0.2, -0.15) is 5.10 Å². The Morgan fingerprint density at radius 2 is 2.25 bits per heavy atom. The summed E-state index contributed by atoms with van der Waals surface area (Å²) in [5.41, 5.74) is 1.12. The fourth-order valence-corrected chi connectivity index (χ4v) is 4.28. The quantitative estimate of drug-likeness (QED) is 0.774. The number of carbonyl (C=O) groups is 1. The number of aryl methyl sites for hydroxylation is 1. The Balaban J connectivity index is 2.27. The van der Waals surface area contributed by atoms with E-state index in [2.05, 4.69) is 14.9 Å². The number of aromatic amines is 1. The van der Waals surface area contributed by atoms with E-state index in [0.29, 0.717) is 11.1 Å². The van der Waals surface area contributed by atoms with E-state index >= 15 is 0 Å². The fraction of sp³-hybridized carbons (Fsp3) is 0.273. The van der Waals surface area contributed by atoms with E-state index in [9.17, 15) is 13.2 Å². The van der Waals surface area contributed by atoms with Crippen molar-refractivity contribution in [3.8, 4) is 0 Å². The van der Waals surface area contributed by atoms with Crippen LogP contribution in [-0.4, -0.2) is 29.7 Å². The van der Waals surface area contributed by atoms with E-state index in [4.69, 9.17) is 5.11 Å². The van der Waals surface area contributed by atoms with Crippen molar-refractivity contribution in [2.45, 2.75) is 24.1 Å². The average molecular weight is 315 g/mol. The molecule has 3 N–H and O–H groups in total. The third-order valence-electron chi connectivity index (χ3n) is 2.71. The molecular weight excluding hydrogens is 302 g/mol. The van der Waals surface area contributed by atoms with Gasteiger partial charge in [0.2, 0.25) is 0 Å². The van der Waals surface area contributed by atoms with Crippen LogP contribution < -0.4 is 4.72 Å². The Hall–Kier alpha value is -1.71. The molecule has 0 amide bonds. The first-order valence-corrected chi connectivity index (χ1v) is 7.96. The SMILES string of the molecule is Cc1cc(S(=O)(=O)NC(C)c2cn[nH]c2)sc1C(=O)O. The molecule has 108 valence electrons. The van der Waals surface area contributed by atoms with Crippen molar-refractivity contribution < 1.29 is 18.3 Å². The lowest BCUT2D eigenvalue weighted by Crippen LogP contribution is -2.26. The molecule has 2 aromatic rings. The van der Waals surface area contributed by atoms with E-state index in [1.807, 2.05) is 0 Å². The third-order valence-corrected chi connectivity index (χ3v) is 5.94. The van der Waals surface area contributed by atoms with Crippen LogP contribution in [0.5, 0.6) is 0 Å². The van der Waals surface area contributed by atoms with Gasteiger partial charge in [-0.25, -0.2) is 17.9 Å². The Bertz CT molecular complexity index is 719. The van der Waals surface area contributed by atoms with Crippen molar-refractivity contribution in [1.82, 2.24) is 14.9 Å². The first-order chi connectivity index (χ1) is 9.31. The minimum atomic E-state index is -3.76. The normalized spacial score (nSPS) is 13.3. The molecule has 2 heterocycles. The topological polar surface area (TPSA) is 112 Å².